The number of piperidine rings is 1. The van der Waals surface area contributed by atoms with Crippen LogP contribution in [0, 0.1) is 18.8 Å². The zero-order valence-electron chi connectivity index (χ0n) is 13.7. The number of hydrogen-bond acceptors (Lipinski definition) is 3. The largest absolute Gasteiger partial charge is 0.481 e. The van der Waals surface area contributed by atoms with E-state index in [4.69, 9.17) is 0 Å². The van der Waals surface area contributed by atoms with Crippen molar-refractivity contribution in [3.63, 3.8) is 0 Å². The second kappa shape index (κ2) is 6.85. The first-order chi connectivity index (χ1) is 11.0. The Bertz CT molecular complexity index is 677. The Morgan fingerprint density at radius 3 is 2.65 bits per heavy atom. The summed E-state index contributed by atoms with van der Waals surface area (Å²) in [6, 6.07) is 12.9. The standard InChI is InChI=1S/C19H23NO2S/c1-13-3-5-15(6-4-13)18-8-7-17(23-18)12-20-10-14(2)9-16(11-20)19(21)22/h3-8,14,16H,9-12H2,1-2H3,(H,21,22). The lowest BCUT2D eigenvalue weighted by atomic mass is 9.90. The van der Waals surface area contributed by atoms with Crippen LogP contribution in [-0.2, 0) is 11.3 Å². The zero-order valence-corrected chi connectivity index (χ0v) is 14.5. The molecule has 3 nitrogen and oxygen atoms in total. The van der Waals surface area contributed by atoms with Gasteiger partial charge in [-0.25, -0.2) is 0 Å². The number of thiophene rings is 1. The smallest absolute Gasteiger partial charge is 0.307 e. The van der Waals surface area contributed by atoms with Gasteiger partial charge in [0.2, 0.25) is 0 Å². The van der Waals surface area contributed by atoms with Crippen molar-refractivity contribution in [3.05, 3.63) is 46.8 Å². The predicted octanol–water partition coefficient (Wildman–Crippen LogP) is 4.27. The molecule has 1 saturated heterocycles. The summed E-state index contributed by atoms with van der Waals surface area (Å²) in [6.07, 6.45) is 0.797. The molecule has 1 fully saturated rings. The fourth-order valence-corrected chi connectivity index (χ4v) is 4.38. The quantitative estimate of drug-likeness (QED) is 0.911. The molecule has 1 aromatic carbocycles. The number of rotatable bonds is 4. The molecule has 122 valence electrons. The summed E-state index contributed by atoms with van der Waals surface area (Å²) in [5.41, 5.74) is 2.52. The summed E-state index contributed by atoms with van der Waals surface area (Å²) in [5, 5.41) is 9.29. The van der Waals surface area contributed by atoms with Crippen LogP contribution in [0.2, 0.25) is 0 Å². The van der Waals surface area contributed by atoms with Gasteiger partial charge in [-0.05, 0) is 37.0 Å². The number of hydrogen-bond donors (Lipinski definition) is 1. The molecule has 0 saturated carbocycles. The van der Waals surface area contributed by atoms with Crippen molar-refractivity contribution in [2.24, 2.45) is 11.8 Å². The molecule has 4 heteroatoms. The van der Waals surface area contributed by atoms with Crippen LogP contribution in [-0.4, -0.2) is 29.1 Å². The Labute approximate surface area is 141 Å². The Hall–Kier alpha value is -1.65. The molecule has 1 aromatic heterocycles. The maximum atomic E-state index is 11.3. The lowest BCUT2D eigenvalue weighted by molar-refractivity contribution is -0.144. The number of carbonyl (C=O) groups is 1. The van der Waals surface area contributed by atoms with E-state index in [2.05, 4.69) is 55.1 Å². The second-order valence-electron chi connectivity index (χ2n) is 6.70. The van der Waals surface area contributed by atoms with E-state index in [-0.39, 0.29) is 5.92 Å². The van der Waals surface area contributed by atoms with E-state index in [1.54, 1.807) is 0 Å². The number of aryl methyl sites for hydroxylation is 1. The molecule has 2 heterocycles. The highest BCUT2D eigenvalue weighted by Gasteiger charge is 2.29. The minimum absolute atomic E-state index is 0.227. The van der Waals surface area contributed by atoms with Crippen LogP contribution in [0.4, 0.5) is 0 Å². The highest BCUT2D eigenvalue weighted by Crippen LogP contribution is 2.30. The van der Waals surface area contributed by atoms with Gasteiger partial charge in [-0.15, -0.1) is 11.3 Å². The third-order valence-corrected chi connectivity index (χ3v) is 5.58. The van der Waals surface area contributed by atoms with E-state index in [0.717, 1.165) is 19.5 Å². The van der Waals surface area contributed by atoms with Gasteiger partial charge in [0.05, 0.1) is 5.92 Å². The van der Waals surface area contributed by atoms with Gasteiger partial charge >= 0.3 is 5.97 Å². The molecule has 3 rings (SSSR count). The summed E-state index contributed by atoms with van der Waals surface area (Å²) in [7, 11) is 0. The normalized spacial score (nSPS) is 22.2. The van der Waals surface area contributed by atoms with Crippen LogP contribution < -0.4 is 0 Å². The molecule has 2 aromatic rings. The molecule has 1 N–H and O–H groups in total. The van der Waals surface area contributed by atoms with E-state index in [1.165, 1.54) is 20.9 Å². The van der Waals surface area contributed by atoms with Crippen LogP contribution in [0.1, 0.15) is 23.8 Å². The van der Waals surface area contributed by atoms with E-state index in [9.17, 15) is 9.90 Å². The van der Waals surface area contributed by atoms with Crippen LogP contribution in [0.3, 0.4) is 0 Å². The molecule has 2 atom stereocenters. The molecule has 1 aliphatic heterocycles. The number of carboxylic acid groups (broad SMARTS) is 1. The minimum atomic E-state index is -0.659. The number of benzene rings is 1. The van der Waals surface area contributed by atoms with Crippen LogP contribution >= 0.6 is 11.3 Å². The van der Waals surface area contributed by atoms with Gasteiger partial charge in [-0.3, -0.25) is 9.69 Å². The first-order valence-corrected chi connectivity index (χ1v) is 8.94. The van der Waals surface area contributed by atoms with Crippen LogP contribution in [0.5, 0.6) is 0 Å². The van der Waals surface area contributed by atoms with E-state index >= 15 is 0 Å². The van der Waals surface area contributed by atoms with Gasteiger partial charge in [0, 0.05) is 29.4 Å². The molecule has 0 radical (unpaired) electrons. The van der Waals surface area contributed by atoms with Gasteiger partial charge in [-0.2, -0.15) is 0 Å². The van der Waals surface area contributed by atoms with Crippen molar-refractivity contribution in [1.82, 2.24) is 4.90 Å². The fraction of sp³-hybridized carbons (Fsp3) is 0.421. The topological polar surface area (TPSA) is 40.5 Å². The summed E-state index contributed by atoms with van der Waals surface area (Å²) in [6.45, 7) is 6.75. The average molecular weight is 329 g/mol. The van der Waals surface area contributed by atoms with Crippen molar-refractivity contribution >= 4 is 17.3 Å². The summed E-state index contributed by atoms with van der Waals surface area (Å²) < 4.78 is 0. The maximum Gasteiger partial charge on any atom is 0.307 e. The Morgan fingerprint density at radius 2 is 1.96 bits per heavy atom. The molecule has 0 amide bonds. The van der Waals surface area contributed by atoms with E-state index in [1.807, 2.05) is 11.3 Å². The minimum Gasteiger partial charge on any atom is -0.481 e. The average Bonchev–Trinajstić information content (AvgIpc) is 2.95. The van der Waals surface area contributed by atoms with Crippen molar-refractivity contribution in [2.75, 3.05) is 13.1 Å². The van der Waals surface area contributed by atoms with Crippen molar-refractivity contribution < 1.29 is 9.90 Å². The summed E-state index contributed by atoms with van der Waals surface area (Å²) in [4.78, 5) is 16.2. The number of likely N-dealkylation sites (tertiary alicyclic amines) is 1. The Morgan fingerprint density at radius 1 is 1.22 bits per heavy atom. The zero-order chi connectivity index (χ0) is 16.4. The first-order valence-electron chi connectivity index (χ1n) is 8.12. The SMILES string of the molecule is Cc1ccc(-c2ccc(CN3CC(C)CC(C(=O)O)C3)s2)cc1. The molecule has 23 heavy (non-hydrogen) atoms. The van der Waals surface area contributed by atoms with Crippen LogP contribution in [0.15, 0.2) is 36.4 Å². The Balaban J connectivity index is 1.69. The molecular weight excluding hydrogens is 306 g/mol. The van der Waals surface area contributed by atoms with Gasteiger partial charge in [0.1, 0.15) is 0 Å². The highest BCUT2D eigenvalue weighted by atomic mass is 32.1. The molecule has 0 bridgehead atoms. The number of nitrogens with zero attached hydrogens (tertiary/aromatic N) is 1. The monoisotopic (exact) mass is 329 g/mol. The van der Waals surface area contributed by atoms with E-state index in [0.29, 0.717) is 12.5 Å². The number of aliphatic carboxylic acids is 1. The van der Waals surface area contributed by atoms with E-state index < -0.39 is 5.97 Å². The van der Waals surface area contributed by atoms with Crippen molar-refractivity contribution in [1.29, 1.82) is 0 Å². The fourth-order valence-electron chi connectivity index (χ4n) is 3.33. The van der Waals surface area contributed by atoms with Gasteiger partial charge < -0.3 is 5.11 Å². The third kappa shape index (κ3) is 4.01. The second-order valence-corrected chi connectivity index (χ2v) is 7.87. The Kier molecular flexibility index (Phi) is 4.83. The van der Waals surface area contributed by atoms with Crippen molar-refractivity contribution in [2.45, 2.75) is 26.8 Å². The summed E-state index contributed by atoms with van der Waals surface area (Å²) >= 11 is 1.81. The van der Waals surface area contributed by atoms with Gasteiger partial charge in [-0.1, -0.05) is 36.8 Å². The molecular formula is C19H23NO2S. The highest BCUT2D eigenvalue weighted by molar-refractivity contribution is 7.15. The molecule has 1 aliphatic rings. The molecule has 0 aliphatic carbocycles. The van der Waals surface area contributed by atoms with Crippen LogP contribution in [0.25, 0.3) is 10.4 Å². The maximum absolute atomic E-state index is 11.3. The lowest BCUT2D eigenvalue weighted by Crippen LogP contribution is -2.41. The summed E-state index contributed by atoms with van der Waals surface area (Å²) in [5.74, 6) is -0.440. The van der Waals surface area contributed by atoms with Gasteiger partial charge in [0.15, 0.2) is 0 Å². The first kappa shape index (κ1) is 16.2. The van der Waals surface area contributed by atoms with Gasteiger partial charge in [0.25, 0.3) is 0 Å². The number of carboxylic acids is 1. The predicted molar refractivity (Wildman–Crippen MR) is 94.7 cm³/mol. The lowest BCUT2D eigenvalue weighted by Gasteiger charge is -2.34. The third-order valence-electron chi connectivity index (χ3n) is 4.46. The molecule has 2 unspecified atom stereocenters. The van der Waals surface area contributed by atoms with Crippen molar-refractivity contribution in [3.8, 4) is 10.4 Å². The molecule has 0 spiro atoms.